The minimum atomic E-state index is -5.08. The number of alkyl halides is 3. The number of hydrazone groups is 1. The van der Waals surface area contributed by atoms with Crippen LogP contribution in [0.15, 0.2) is 29.4 Å². The van der Waals surface area contributed by atoms with Crippen molar-refractivity contribution in [3.8, 4) is 0 Å². The Morgan fingerprint density at radius 1 is 1.22 bits per heavy atom. The fourth-order valence-electron chi connectivity index (χ4n) is 3.92. The number of carbonyl (C=O) groups is 1. The number of hydrogen-bond acceptors (Lipinski definition) is 3. The second-order valence-corrected chi connectivity index (χ2v) is 8.33. The van der Waals surface area contributed by atoms with Gasteiger partial charge in [-0.3, -0.25) is 4.79 Å². The summed E-state index contributed by atoms with van der Waals surface area (Å²) in [5, 5.41) is 14.8. The lowest BCUT2D eigenvalue weighted by molar-refractivity contribution is -0.314. The largest absolute Gasteiger partial charge is 0.439 e. The molecule has 1 heterocycles. The molecule has 4 nitrogen and oxygen atoms in total. The van der Waals surface area contributed by atoms with E-state index in [2.05, 4.69) is 5.10 Å². The van der Waals surface area contributed by atoms with Gasteiger partial charge in [0.15, 0.2) is 0 Å². The van der Waals surface area contributed by atoms with E-state index in [1.807, 2.05) is 20.8 Å². The summed E-state index contributed by atoms with van der Waals surface area (Å²) in [5.74, 6) is -3.08. The average Bonchev–Trinajstić information content (AvgIpc) is 2.88. The van der Waals surface area contributed by atoms with Crippen LogP contribution in [0.1, 0.15) is 50.4 Å². The molecule has 27 heavy (non-hydrogen) atoms. The van der Waals surface area contributed by atoms with Crippen LogP contribution in [0.4, 0.5) is 17.6 Å². The van der Waals surface area contributed by atoms with Gasteiger partial charge in [0.25, 0.3) is 11.6 Å². The molecule has 8 heteroatoms. The van der Waals surface area contributed by atoms with Crippen LogP contribution in [0.25, 0.3) is 0 Å². The van der Waals surface area contributed by atoms with Crippen LogP contribution in [0.3, 0.4) is 0 Å². The Kier molecular flexibility index (Phi) is 4.61. The highest BCUT2D eigenvalue weighted by molar-refractivity contribution is 5.99. The van der Waals surface area contributed by atoms with Gasteiger partial charge in [0.2, 0.25) is 0 Å². The lowest BCUT2D eigenvalue weighted by atomic mass is 9.66. The monoisotopic (exact) mass is 386 g/mol. The van der Waals surface area contributed by atoms with Gasteiger partial charge in [0, 0.05) is 11.3 Å². The van der Waals surface area contributed by atoms with E-state index in [9.17, 15) is 27.5 Å². The number of amides is 1. The maximum Gasteiger partial charge on any atom is 0.439 e. The molecular formula is C19H22F4N2O2. The second-order valence-electron chi connectivity index (χ2n) is 8.33. The third kappa shape index (κ3) is 3.24. The molecule has 148 valence electrons. The SMILES string of the molecule is CC(C)(C)[C@@H]1CCC2=NN(C(=O)c3ccc(F)cc3)[C@@](O)(C(F)(F)F)[C@@H]2C1. The summed E-state index contributed by atoms with van der Waals surface area (Å²) >= 11 is 0. The van der Waals surface area contributed by atoms with Gasteiger partial charge in [-0.2, -0.15) is 23.3 Å². The van der Waals surface area contributed by atoms with Gasteiger partial charge in [0.05, 0.1) is 5.92 Å². The Morgan fingerprint density at radius 2 is 1.81 bits per heavy atom. The molecule has 1 N–H and O–H groups in total. The van der Waals surface area contributed by atoms with Crippen LogP contribution in [0.5, 0.6) is 0 Å². The van der Waals surface area contributed by atoms with Crippen molar-refractivity contribution in [3.05, 3.63) is 35.6 Å². The number of halogens is 4. The molecule has 0 bridgehead atoms. The zero-order valence-corrected chi connectivity index (χ0v) is 15.3. The van der Waals surface area contributed by atoms with E-state index >= 15 is 0 Å². The van der Waals surface area contributed by atoms with Gasteiger partial charge in [-0.1, -0.05) is 20.8 Å². The summed E-state index contributed by atoms with van der Waals surface area (Å²) in [6, 6.07) is 4.11. The van der Waals surface area contributed by atoms with Gasteiger partial charge in [-0.25, -0.2) is 4.39 Å². The first kappa shape index (κ1) is 19.8. The first-order valence-electron chi connectivity index (χ1n) is 8.82. The highest BCUT2D eigenvalue weighted by atomic mass is 19.4. The highest BCUT2D eigenvalue weighted by Crippen LogP contribution is 2.52. The fraction of sp³-hybridized carbons (Fsp3) is 0.579. The molecule has 0 saturated heterocycles. The van der Waals surface area contributed by atoms with Gasteiger partial charge in [-0.15, -0.1) is 0 Å². The van der Waals surface area contributed by atoms with Crippen LogP contribution in [0.2, 0.25) is 0 Å². The lowest BCUT2D eigenvalue weighted by Gasteiger charge is -2.42. The predicted octanol–water partition coefficient (Wildman–Crippen LogP) is 4.35. The molecule has 0 unspecified atom stereocenters. The number of hydrogen-bond donors (Lipinski definition) is 1. The molecule has 3 rings (SSSR count). The molecule has 0 radical (unpaired) electrons. The molecular weight excluding hydrogens is 364 g/mol. The van der Waals surface area contributed by atoms with Crippen molar-refractivity contribution in [1.29, 1.82) is 0 Å². The molecule has 1 amide bonds. The van der Waals surface area contributed by atoms with Gasteiger partial charge >= 0.3 is 6.18 Å². The number of aliphatic hydroxyl groups is 1. The molecule has 1 aromatic carbocycles. The molecule has 1 fully saturated rings. The molecule has 3 atom stereocenters. The summed E-state index contributed by atoms with van der Waals surface area (Å²) in [6.07, 6.45) is -4.06. The van der Waals surface area contributed by atoms with Gasteiger partial charge < -0.3 is 5.11 Å². The van der Waals surface area contributed by atoms with Crippen molar-refractivity contribution in [3.63, 3.8) is 0 Å². The Hall–Kier alpha value is -1.96. The van der Waals surface area contributed by atoms with E-state index < -0.39 is 29.5 Å². The van der Waals surface area contributed by atoms with Crippen molar-refractivity contribution in [2.24, 2.45) is 22.4 Å². The van der Waals surface area contributed by atoms with Crippen molar-refractivity contribution in [2.75, 3.05) is 0 Å². The number of benzene rings is 1. The number of fused-ring (bicyclic) bond motifs is 1. The van der Waals surface area contributed by atoms with Crippen molar-refractivity contribution < 1.29 is 27.5 Å². The Bertz CT molecular complexity index is 767. The van der Waals surface area contributed by atoms with Crippen molar-refractivity contribution >= 4 is 11.6 Å². The Labute approximate surface area is 154 Å². The summed E-state index contributed by atoms with van der Waals surface area (Å²) < 4.78 is 54.9. The number of rotatable bonds is 1. The second kappa shape index (κ2) is 6.29. The summed E-state index contributed by atoms with van der Waals surface area (Å²) in [5.41, 5.74) is -3.62. The molecule has 1 aliphatic heterocycles. The Balaban J connectivity index is 2.01. The highest BCUT2D eigenvalue weighted by Gasteiger charge is 2.69. The molecule has 1 aromatic rings. The van der Waals surface area contributed by atoms with Crippen LogP contribution in [0, 0.1) is 23.1 Å². The van der Waals surface area contributed by atoms with Gasteiger partial charge in [-0.05, 0) is 54.9 Å². The third-order valence-corrected chi connectivity index (χ3v) is 5.63. The first-order valence-corrected chi connectivity index (χ1v) is 8.82. The zero-order chi connectivity index (χ0) is 20.2. The quantitative estimate of drug-likeness (QED) is 0.730. The van der Waals surface area contributed by atoms with Crippen LogP contribution >= 0.6 is 0 Å². The smallest absolute Gasteiger partial charge is 0.362 e. The van der Waals surface area contributed by atoms with E-state index in [4.69, 9.17) is 0 Å². The van der Waals surface area contributed by atoms with E-state index in [1.165, 1.54) is 0 Å². The van der Waals surface area contributed by atoms with Crippen LogP contribution < -0.4 is 0 Å². The van der Waals surface area contributed by atoms with E-state index in [-0.39, 0.29) is 40.5 Å². The maximum atomic E-state index is 14.0. The van der Waals surface area contributed by atoms with Gasteiger partial charge in [0.1, 0.15) is 5.82 Å². The summed E-state index contributed by atoms with van der Waals surface area (Å²) in [6.45, 7) is 5.84. The third-order valence-electron chi connectivity index (χ3n) is 5.63. The van der Waals surface area contributed by atoms with Crippen molar-refractivity contribution in [2.45, 2.75) is 51.9 Å². The van der Waals surface area contributed by atoms with Crippen molar-refractivity contribution in [1.82, 2.24) is 5.01 Å². The fourth-order valence-corrected chi connectivity index (χ4v) is 3.92. The minimum absolute atomic E-state index is 0.0452. The van der Waals surface area contributed by atoms with Crippen LogP contribution in [-0.2, 0) is 0 Å². The number of carbonyl (C=O) groups excluding carboxylic acids is 1. The molecule has 0 spiro atoms. The topological polar surface area (TPSA) is 52.9 Å². The zero-order valence-electron chi connectivity index (χ0n) is 15.3. The van der Waals surface area contributed by atoms with E-state index in [0.717, 1.165) is 24.3 Å². The first-order chi connectivity index (χ1) is 12.4. The Morgan fingerprint density at radius 3 is 2.33 bits per heavy atom. The van der Waals surface area contributed by atoms with E-state index in [1.54, 1.807) is 0 Å². The lowest BCUT2D eigenvalue weighted by Crippen LogP contribution is -2.62. The maximum absolute atomic E-state index is 14.0. The minimum Gasteiger partial charge on any atom is -0.362 e. The normalized spacial score (nSPS) is 28.7. The molecule has 1 aliphatic carbocycles. The van der Waals surface area contributed by atoms with E-state index in [0.29, 0.717) is 6.42 Å². The van der Waals surface area contributed by atoms with Crippen LogP contribution in [-0.4, -0.2) is 33.6 Å². The summed E-state index contributed by atoms with van der Waals surface area (Å²) in [4.78, 5) is 12.7. The molecule has 0 aromatic heterocycles. The molecule has 1 saturated carbocycles. The summed E-state index contributed by atoms with van der Waals surface area (Å²) in [7, 11) is 0. The average molecular weight is 386 g/mol. The predicted molar refractivity (Wildman–Crippen MR) is 91.3 cm³/mol. The molecule has 2 aliphatic rings. The standard InChI is InChI=1S/C19H22F4N2O2/c1-17(2,3)12-6-9-15-14(10-12)18(27,19(21,22)23)25(24-15)16(26)11-4-7-13(20)8-5-11/h4-5,7-8,12,14,27H,6,9-10H2,1-3H3/t12-,14-,18+/m1/s1. The number of nitrogens with zero attached hydrogens (tertiary/aromatic N) is 2.